The van der Waals surface area contributed by atoms with Crippen molar-refractivity contribution in [3.63, 3.8) is 0 Å². The van der Waals surface area contributed by atoms with Crippen LogP contribution in [0.1, 0.15) is 26.3 Å². The molecule has 0 spiro atoms. The van der Waals surface area contributed by atoms with Gasteiger partial charge in [0.2, 0.25) is 5.91 Å². The molecular formula is C15H21Cl2NO3. The molecule has 118 valence electrons. The molecule has 1 aromatic rings. The van der Waals surface area contributed by atoms with Crippen LogP contribution in [0.15, 0.2) is 18.2 Å². The van der Waals surface area contributed by atoms with Crippen LogP contribution in [0.3, 0.4) is 0 Å². The Labute approximate surface area is 135 Å². The van der Waals surface area contributed by atoms with Crippen molar-refractivity contribution in [1.29, 1.82) is 0 Å². The predicted octanol–water partition coefficient (Wildman–Crippen LogP) is 3.13. The monoisotopic (exact) mass is 333 g/mol. The number of aliphatic hydroxyl groups is 1. The highest BCUT2D eigenvalue weighted by molar-refractivity contribution is 6.42. The molecule has 1 rings (SSSR count). The van der Waals surface area contributed by atoms with Crippen molar-refractivity contribution in [2.75, 3.05) is 19.8 Å². The summed E-state index contributed by atoms with van der Waals surface area (Å²) in [7, 11) is 0. The molecule has 1 amide bonds. The maximum Gasteiger partial charge on any atom is 0.248 e. The number of rotatable bonds is 6. The number of halogens is 2. The summed E-state index contributed by atoms with van der Waals surface area (Å²) >= 11 is 11.8. The molecule has 0 radical (unpaired) electrons. The first kappa shape index (κ1) is 18.2. The van der Waals surface area contributed by atoms with Gasteiger partial charge in [0.05, 0.1) is 22.3 Å². The van der Waals surface area contributed by atoms with Gasteiger partial charge in [-0.05, 0) is 38.5 Å². The van der Waals surface area contributed by atoms with Crippen LogP contribution in [0.4, 0.5) is 0 Å². The third-order valence-electron chi connectivity index (χ3n) is 2.71. The molecule has 6 heteroatoms. The minimum absolute atomic E-state index is 0.0230. The number of carbonyl (C=O) groups is 1. The summed E-state index contributed by atoms with van der Waals surface area (Å²) in [6.07, 6.45) is 0. The highest BCUT2D eigenvalue weighted by Gasteiger charge is 2.18. The standard InChI is InChI=1S/C15H21Cl2NO3/c1-15(2,3)21-10-14(20)18(6-7-19)9-11-4-5-12(16)13(17)8-11/h4-5,8,19H,6-7,9-10H2,1-3H3. The fourth-order valence-corrected chi connectivity index (χ4v) is 1.96. The van der Waals surface area contributed by atoms with Crippen LogP contribution in [-0.4, -0.2) is 41.3 Å². The minimum atomic E-state index is -0.385. The zero-order chi connectivity index (χ0) is 16.0. The molecule has 0 aliphatic carbocycles. The number of nitrogens with zero attached hydrogens (tertiary/aromatic N) is 1. The first-order valence-electron chi connectivity index (χ1n) is 6.69. The molecule has 0 aliphatic heterocycles. The fraction of sp³-hybridized carbons (Fsp3) is 0.533. The van der Waals surface area contributed by atoms with E-state index in [0.717, 1.165) is 5.56 Å². The molecule has 0 heterocycles. The summed E-state index contributed by atoms with van der Waals surface area (Å²) in [6.45, 7) is 6.12. The average molecular weight is 334 g/mol. The third kappa shape index (κ3) is 6.66. The molecule has 0 aliphatic rings. The van der Waals surface area contributed by atoms with Crippen LogP contribution in [0, 0.1) is 0 Å². The summed E-state index contributed by atoms with van der Waals surface area (Å²) in [5.41, 5.74) is 0.464. The summed E-state index contributed by atoms with van der Waals surface area (Å²) in [5.74, 6) is -0.176. The molecule has 0 saturated heterocycles. The Hall–Kier alpha value is -0.810. The molecular weight excluding hydrogens is 313 g/mol. The smallest absolute Gasteiger partial charge is 0.248 e. The molecule has 4 nitrogen and oxygen atoms in total. The Morgan fingerprint density at radius 1 is 1.29 bits per heavy atom. The maximum atomic E-state index is 12.2. The van der Waals surface area contributed by atoms with Gasteiger partial charge in [0.25, 0.3) is 0 Å². The fourth-order valence-electron chi connectivity index (χ4n) is 1.64. The van der Waals surface area contributed by atoms with Gasteiger partial charge in [0.15, 0.2) is 0 Å². The van der Waals surface area contributed by atoms with E-state index in [0.29, 0.717) is 16.6 Å². The van der Waals surface area contributed by atoms with E-state index in [1.54, 1.807) is 18.2 Å². The molecule has 21 heavy (non-hydrogen) atoms. The molecule has 0 fully saturated rings. The van der Waals surface area contributed by atoms with Crippen LogP contribution in [0.2, 0.25) is 10.0 Å². The van der Waals surface area contributed by atoms with Crippen molar-refractivity contribution in [2.24, 2.45) is 0 Å². The van der Waals surface area contributed by atoms with Crippen molar-refractivity contribution >= 4 is 29.1 Å². The third-order valence-corrected chi connectivity index (χ3v) is 3.45. The molecule has 0 unspecified atom stereocenters. The summed E-state index contributed by atoms with van der Waals surface area (Å²) < 4.78 is 5.48. The highest BCUT2D eigenvalue weighted by Crippen LogP contribution is 2.23. The van der Waals surface area contributed by atoms with Crippen molar-refractivity contribution in [1.82, 2.24) is 4.90 Å². The Kier molecular flexibility index (Phi) is 6.94. The quantitative estimate of drug-likeness (QED) is 0.870. The van der Waals surface area contributed by atoms with Crippen LogP contribution >= 0.6 is 23.2 Å². The average Bonchev–Trinajstić information content (AvgIpc) is 2.39. The lowest BCUT2D eigenvalue weighted by molar-refractivity contribution is -0.142. The van der Waals surface area contributed by atoms with Crippen LogP contribution < -0.4 is 0 Å². The predicted molar refractivity (Wildman–Crippen MR) is 84.7 cm³/mol. The second-order valence-corrected chi connectivity index (χ2v) is 6.50. The van der Waals surface area contributed by atoms with Gasteiger partial charge in [-0.15, -0.1) is 0 Å². The molecule has 0 bridgehead atoms. The van der Waals surface area contributed by atoms with Crippen molar-refractivity contribution in [2.45, 2.75) is 32.9 Å². The van der Waals surface area contributed by atoms with Gasteiger partial charge in [-0.1, -0.05) is 29.3 Å². The second-order valence-electron chi connectivity index (χ2n) is 5.69. The Morgan fingerprint density at radius 3 is 2.48 bits per heavy atom. The van der Waals surface area contributed by atoms with Gasteiger partial charge in [-0.2, -0.15) is 0 Å². The molecule has 0 atom stereocenters. The normalized spacial score (nSPS) is 11.5. The lowest BCUT2D eigenvalue weighted by Crippen LogP contribution is -2.37. The van der Waals surface area contributed by atoms with Gasteiger partial charge in [0.1, 0.15) is 6.61 Å². The van der Waals surface area contributed by atoms with Gasteiger partial charge >= 0.3 is 0 Å². The van der Waals surface area contributed by atoms with E-state index in [1.807, 2.05) is 20.8 Å². The molecule has 1 aromatic carbocycles. The number of carbonyl (C=O) groups excluding carboxylic acids is 1. The first-order chi connectivity index (χ1) is 9.73. The first-order valence-corrected chi connectivity index (χ1v) is 7.45. The van der Waals surface area contributed by atoms with Gasteiger partial charge in [0, 0.05) is 13.1 Å². The summed E-state index contributed by atoms with van der Waals surface area (Å²) in [5, 5.41) is 10.0. The molecule has 0 saturated carbocycles. The topological polar surface area (TPSA) is 49.8 Å². The maximum absolute atomic E-state index is 12.2. The number of ether oxygens (including phenoxy) is 1. The number of benzene rings is 1. The number of hydrogen-bond donors (Lipinski definition) is 1. The number of hydrogen-bond acceptors (Lipinski definition) is 3. The minimum Gasteiger partial charge on any atom is -0.395 e. The summed E-state index contributed by atoms with van der Waals surface area (Å²) in [6, 6.07) is 5.20. The van der Waals surface area contributed by atoms with Crippen molar-refractivity contribution in [3.8, 4) is 0 Å². The van der Waals surface area contributed by atoms with Crippen molar-refractivity contribution in [3.05, 3.63) is 33.8 Å². The zero-order valence-electron chi connectivity index (χ0n) is 12.5. The van der Waals surface area contributed by atoms with Crippen LogP contribution in [0.25, 0.3) is 0 Å². The van der Waals surface area contributed by atoms with E-state index in [9.17, 15) is 4.79 Å². The molecule has 0 aromatic heterocycles. The lowest BCUT2D eigenvalue weighted by atomic mass is 10.2. The van der Waals surface area contributed by atoms with Crippen LogP contribution in [-0.2, 0) is 16.1 Å². The number of aliphatic hydroxyl groups excluding tert-OH is 1. The van der Waals surface area contributed by atoms with Gasteiger partial charge in [-0.25, -0.2) is 0 Å². The van der Waals surface area contributed by atoms with E-state index < -0.39 is 0 Å². The van der Waals surface area contributed by atoms with E-state index in [1.165, 1.54) is 4.90 Å². The Balaban J connectivity index is 2.72. The number of amides is 1. The second kappa shape index (κ2) is 7.99. The largest absolute Gasteiger partial charge is 0.395 e. The Bertz CT molecular complexity index is 486. The van der Waals surface area contributed by atoms with Crippen molar-refractivity contribution < 1.29 is 14.6 Å². The molecule has 1 N–H and O–H groups in total. The summed E-state index contributed by atoms with van der Waals surface area (Å²) in [4.78, 5) is 13.7. The van der Waals surface area contributed by atoms with E-state index in [-0.39, 0.29) is 31.3 Å². The highest BCUT2D eigenvalue weighted by atomic mass is 35.5. The van der Waals surface area contributed by atoms with E-state index >= 15 is 0 Å². The van der Waals surface area contributed by atoms with E-state index in [2.05, 4.69) is 0 Å². The SMILES string of the molecule is CC(C)(C)OCC(=O)N(CCO)Cc1ccc(Cl)c(Cl)c1. The zero-order valence-corrected chi connectivity index (χ0v) is 14.0. The van der Waals surface area contributed by atoms with Gasteiger partial charge < -0.3 is 14.7 Å². The lowest BCUT2D eigenvalue weighted by Gasteiger charge is -2.25. The van der Waals surface area contributed by atoms with Gasteiger partial charge in [-0.3, -0.25) is 4.79 Å². The van der Waals surface area contributed by atoms with E-state index in [4.69, 9.17) is 33.0 Å². The Morgan fingerprint density at radius 2 is 1.95 bits per heavy atom. The van der Waals surface area contributed by atoms with Crippen LogP contribution in [0.5, 0.6) is 0 Å².